The molecule has 0 aliphatic carbocycles. The van der Waals surface area contributed by atoms with E-state index in [0.29, 0.717) is 0 Å². The average molecular weight is 231 g/mol. The van der Waals surface area contributed by atoms with Crippen LogP contribution in [-0.2, 0) is 5.41 Å². The normalized spacial score (nSPS) is 11.4. The first-order valence-corrected chi connectivity index (χ1v) is 4.45. The van der Waals surface area contributed by atoms with Gasteiger partial charge in [0.2, 0.25) is 0 Å². The predicted molar refractivity (Wildman–Crippen MR) is 51.2 cm³/mol. The highest BCUT2D eigenvalue weighted by atomic mass is 19.2. The van der Waals surface area contributed by atoms with Gasteiger partial charge in [-0.15, -0.1) is 0 Å². The van der Waals surface area contributed by atoms with E-state index in [-0.39, 0.29) is 0 Å². The molecule has 0 saturated carbocycles. The summed E-state index contributed by atoms with van der Waals surface area (Å²) in [5.41, 5.74) is -3.02. The molecule has 0 fully saturated rings. The number of halogens is 4. The first-order chi connectivity index (χ1) is 7.21. The van der Waals surface area contributed by atoms with E-state index in [1.54, 1.807) is 0 Å². The van der Waals surface area contributed by atoms with Crippen LogP contribution in [0.1, 0.15) is 26.3 Å². The Morgan fingerprint density at radius 1 is 0.875 bits per heavy atom. The molecule has 0 aliphatic rings. The van der Waals surface area contributed by atoms with Crippen molar-refractivity contribution < 1.29 is 17.6 Å². The van der Waals surface area contributed by atoms with Gasteiger partial charge in [-0.3, -0.25) is 0 Å². The largest absolute Gasteiger partial charge is 0.262 e. The molecule has 1 rings (SSSR count). The molecule has 0 aromatic heterocycles. The molecule has 0 atom stereocenters. The summed E-state index contributed by atoms with van der Waals surface area (Å²) in [5.74, 6) is -6.28. The van der Waals surface area contributed by atoms with Gasteiger partial charge in [0.1, 0.15) is 0 Å². The van der Waals surface area contributed by atoms with Crippen molar-refractivity contribution in [3.63, 3.8) is 0 Å². The van der Waals surface area contributed by atoms with Crippen molar-refractivity contribution in [3.05, 3.63) is 40.2 Å². The quantitative estimate of drug-likeness (QED) is 0.360. The minimum absolute atomic E-state index is 0.685. The van der Waals surface area contributed by atoms with E-state index in [4.69, 9.17) is 6.57 Å². The lowest BCUT2D eigenvalue weighted by Gasteiger charge is -2.21. The highest BCUT2D eigenvalue weighted by Gasteiger charge is 2.31. The molecule has 0 heterocycles. The van der Waals surface area contributed by atoms with Gasteiger partial charge in [0, 0.05) is 5.56 Å². The van der Waals surface area contributed by atoms with Gasteiger partial charge in [-0.25, -0.2) is 22.4 Å². The minimum atomic E-state index is -1.64. The maximum Gasteiger partial charge on any atom is 0.262 e. The summed E-state index contributed by atoms with van der Waals surface area (Å²) in [6.07, 6.45) is 0. The molecule has 0 spiro atoms. The number of benzene rings is 1. The molecule has 86 valence electrons. The van der Waals surface area contributed by atoms with Crippen molar-refractivity contribution in [3.8, 4) is 0 Å². The Balaban J connectivity index is 3.76. The van der Waals surface area contributed by atoms with Gasteiger partial charge in [-0.1, -0.05) is 20.8 Å². The van der Waals surface area contributed by atoms with E-state index in [1.807, 2.05) is 0 Å². The Bertz CT molecular complexity index is 451. The van der Waals surface area contributed by atoms with Crippen LogP contribution >= 0.6 is 0 Å². The number of hydrogen-bond acceptors (Lipinski definition) is 0. The van der Waals surface area contributed by atoms with E-state index >= 15 is 0 Å². The smallest absolute Gasteiger partial charge is 0.232 e. The molecule has 1 nitrogen and oxygen atoms in total. The van der Waals surface area contributed by atoms with Gasteiger partial charge in [-0.2, -0.15) is 0 Å². The van der Waals surface area contributed by atoms with Crippen molar-refractivity contribution in [1.29, 1.82) is 0 Å². The summed E-state index contributed by atoms with van der Waals surface area (Å²) in [5, 5.41) is 0. The molecular formula is C11H9F4N. The van der Waals surface area contributed by atoms with E-state index < -0.39 is 39.9 Å². The summed E-state index contributed by atoms with van der Waals surface area (Å²) < 4.78 is 53.4. The second kappa shape index (κ2) is 3.78. The monoisotopic (exact) mass is 231 g/mol. The summed E-state index contributed by atoms with van der Waals surface area (Å²) in [4.78, 5) is 2.43. The molecule has 0 bridgehead atoms. The van der Waals surface area contributed by atoms with Crippen molar-refractivity contribution in [2.45, 2.75) is 26.2 Å². The van der Waals surface area contributed by atoms with Crippen molar-refractivity contribution in [2.24, 2.45) is 0 Å². The van der Waals surface area contributed by atoms with Gasteiger partial charge in [-0.05, 0) is 5.41 Å². The Kier molecular flexibility index (Phi) is 2.95. The van der Waals surface area contributed by atoms with Crippen LogP contribution in [-0.4, -0.2) is 0 Å². The summed E-state index contributed by atoms with van der Waals surface area (Å²) >= 11 is 0. The molecule has 1 aromatic carbocycles. The van der Waals surface area contributed by atoms with Crippen LogP contribution in [0.15, 0.2) is 0 Å². The van der Waals surface area contributed by atoms with Crippen LogP contribution in [0.3, 0.4) is 0 Å². The molecule has 0 unspecified atom stereocenters. The van der Waals surface area contributed by atoms with Gasteiger partial charge >= 0.3 is 0 Å². The van der Waals surface area contributed by atoms with E-state index in [0.717, 1.165) is 0 Å². The lowest BCUT2D eigenvalue weighted by atomic mass is 9.85. The zero-order valence-corrected chi connectivity index (χ0v) is 8.96. The first kappa shape index (κ1) is 12.5. The highest BCUT2D eigenvalue weighted by molar-refractivity contribution is 5.51. The molecule has 0 saturated heterocycles. The van der Waals surface area contributed by atoms with E-state index in [9.17, 15) is 17.6 Å². The van der Waals surface area contributed by atoms with E-state index in [1.165, 1.54) is 20.8 Å². The molecular weight excluding hydrogens is 222 g/mol. The third-order valence-electron chi connectivity index (χ3n) is 2.10. The Hall–Kier alpha value is -1.57. The predicted octanol–water partition coefficient (Wildman–Crippen LogP) is 4.09. The first-order valence-electron chi connectivity index (χ1n) is 4.45. The molecule has 1 aromatic rings. The molecule has 0 N–H and O–H groups in total. The van der Waals surface area contributed by atoms with Crippen LogP contribution in [0.5, 0.6) is 0 Å². The van der Waals surface area contributed by atoms with Gasteiger partial charge < -0.3 is 0 Å². The van der Waals surface area contributed by atoms with Crippen LogP contribution in [0, 0.1) is 29.8 Å². The van der Waals surface area contributed by atoms with Crippen LogP contribution in [0.2, 0.25) is 0 Å². The molecule has 0 aliphatic heterocycles. The highest BCUT2D eigenvalue weighted by Crippen LogP contribution is 2.36. The summed E-state index contributed by atoms with van der Waals surface area (Å²) in [7, 11) is 0. The fraction of sp³-hybridized carbons (Fsp3) is 0.364. The second-order valence-electron chi connectivity index (χ2n) is 4.34. The van der Waals surface area contributed by atoms with Crippen LogP contribution in [0.4, 0.5) is 23.2 Å². The standard InChI is InChI=1S/C11H9F4N/c1-11(2,3)5-6(12)8(14)10(16-4)9(15)7(5)13/h1-3H3. The minimum Gasteiger partial charge on any atom is -0.232 e. The van der Waals surface area contributed by atoms with E-state index in [2.05, 4.69) is 4.85 Å². The Morgan fingerprint density at radius 2 is 1.25 bits per heavy atom. The zero-order chi connectivity index (χ0) is 12.7. The lowest BCUT2D eigenvalue weighted by Crippen LogP contribution is -2.18. The van der Waals surface area contributed by atoms with Gasteiger partial charge in [0.15, 0.2) is 23.3 Å². The average Bonchev–Trinajstić information content (AvgIpc) is 2.14. The molecule has 16 heavy (non-hydrogen) atoms. The zero-order valence-electron chi connectivity index (χ0n) is 8.96. The molecule has 5 heteroatoms. The number of hydrogen-bond donors (Lipinski definition) is 0. The third kappa shape index (κ3) is 1.75. The van der Waals surface area contributed by atoms with Crippen molar-refractivity contribution in [2.75, 3.05) is 0 Å². The van der Waals surface area contributed by atoms with Crippen LogP contribution in [0.25, 0.3) is 4.85 Å². The van der Waals surface area contributed by atoms with Crippen LogP contribution < -0.4 is 0 Å². The topological polar surface area (TPSA) is 4.36 Å². The number of rotatable bonds is 0. The maximum absolute atomic E-state index is 13.5. The van der Waals surface area contributed by atoms with Crippen molar-refractivity contribution >= 4 is 5.69 Å². The fourth-order valence-electron chi connectivity index (χ4n) is 1.38. The van der Waals surface area contributed by atoms with Crippen molar-refractivity contribution in [1.82, 2.24) is 0 Å². The summed E-state index contributed by atoms with van der Waals surface area (Å²) in [6.45, 7) is 10.7. The summed E-state index contributed by atoms with van der Waals surface area (Å²) in [6, 6.07) is 0. The fourth-order valence-corrected chi connectivity index (χ4v) is 1.38. The lowest BCUT2D eigenvalue weighted by molar-refractivity contribution is 0.409. The molecule has 0 amide bonds. The number of nitrogens with zero attached hydrogens (tertiary/aromatic N) is 1. The maximum atomic E-state index is 13.5. The second-order valence-corrected chi connectivity index (χ2v) is 4.34. The SMILES string of the molecule is [C-]#[N+]c1c(F)c(F)c(C(C)(C)C)c(F)c1F. The Labute approximate surface area is 90.5 Å². The third-order valence-corrected chi connectivity index (χ3v) is 2.10. The van der Waals surface area contributed by atoms with Gasteiger partial charge in [0.05, 0.1) is 6.57 Å². The molecule has 0 radical (unpaired) electrons. The Morgan fingerprint density at radius 3 is 1.50 bits per heavy atom. The van der Waals surface area contributed by atoms with Gasteiger partial charge in [0.25, 0.3) is 5.69 Å².